The first-order valence-electron chi connectivity index (χ1n) is 11.1. The van der Waals surface area contributed by atoms with Gasteiger partial charge >= 0.3 is 0 Å². The highest BCUT2D eigenvalue weighted by molar-refractivity contribution is 7.94. The molecule has 1 saturated heterocycles. The minimum absolute atomic E-state index is 0.00954. The number of nitrogen functional groups attached to an aromatic ring is 1. The van der Waals surface area contributed by atoms with Crippen molar-refractivity contribution in [1.82, 2.24) is 10.2 Å². The van der Waals surface area contributed by atoms with E-state index in [2.05, 4.69) is 21.9 Å². The van der Waals surface area contributed by atoms with E-state index in [1.54, 1.807) is 0 Å². The lowest BCUT2D eigenvalue weighted by molar-refractivity contribution is 0.0860. The van der Waals surface area contributed by atoms with Crippen LogP contribution in [0.1, 0.15) is 54.6 Å². The van der Waals surface area contributed by atoms with Crippen LogP contribution >= 0.6 is 0 Å². The highest BCUT2D eigenvalue weighted by atomic mass is 32.2. The van der Waals surface area contributed by atoms with Gasteiger partial charge in [-0.1, -0.05) is 32.3 Å². The first kappa shape index (κ1) is 17.8. The van der Waals surface area contributed by atoms with Crippen molar-refractivity contribution >= 4 is 21.4 Å². The molecule has 3 rings (SSSR count). The molecule has 2 fully saturated rings. The molecule has 2 aliphatic rings. The van der Waals surface area contributed by atoms with Crippen molar-refractivity contribution in [1.29, 1.82) is 0 Å². The third-order valence-electron chi connectivity index (χ3n) is 6.05. The number of hydrogen-bond donors (Lipinski definition) is 3. The fraction of sp³-hybridized carbons (Fsp3) is 0.700. The van der Waals surface area contributed by atoms with E-state index in [0.717, 1.165) is 25.9 Å². The van der Waals surface area contributed by atoms with Crippen molar-refractivity contribution in [3.63, 3.8) is 0 Å². The van der Waals surface area contributed by atoms with Crippen LogP contribution in [-0.4, -0.2) is 44.4 Å². The lowest BCUT2D eigenvalue weighted by Crippen LogP contribution is -2.62. The summed E-state index contributed by atoms with van der Waals surface area (Å²) in [6.07, 6.45) is 6.56. The van der Waals surface area contributed by atoms with E-state index in [9.17, 15) is 8.42 Å². The van der Waals surface area contributed by atoms with Crippen molar-refractivity contribution in [2.75, 3.05) is 36.6 Å². The van der Waals surface area contributed by atoms with E-state index in [-0.39, 0.29) is 23.5 Å². The third kappa shape index (κ3) is 4.58. The van der Waals surface area contributed by atoms with Gasteiger partial charge in [0.15, 0.2) is 0 Å². The number of sulfonamides is 1. The number of piperazine rings is 1. The second kappa shape index (κ2) is 8.80. The second-order valence-corrected chi connectivity index (χ2v) is 9.78. The van der Waals surface area contributed by atoms with Crippen molar-refractivity contribution < 1.29 is 11.2 Å². The maximum Gasteiger partial charge on any atom is 0.251 e. The van der Waals surface area contributed by atoms with E-state index in [1.165, 1.54) is 31.4 Å². The molecule has 1 aliphatic carbocycles. The molecule has 7 heteroatoms. The van der Waals surface area contributed by atoms with Gasteiger partial charge in [-0.2, -0.15) is 0 Å². The standard InChI is InChI=1S/C20H34N4O2S/c1-2-3-5-17-8-10-20(11-9-17,24-14-12-22-13-15-24)27(25,26)23-19-7-4-6-18(21)16-19/h4,6-7,16-17,22-23H,2-3,5,8-15,21H2,1H3/i6D,16D. The summed E-state index contributed by atoms with van der Waals surface area (Å²) in [5, 5.41) is 3.31. The third-order valence-corrected chi connectivity index (χ3v) is 8.20. The van der Waals surface area contributed by atoms with Gasteiger partial charge in [-0.25, -0.2) is 8.42 Å². The van der Waals surface area contributed by atoms with Crippen LogP contribution in [0.3, 0.4) is 0 Å². The van der Waals surface area contributed by atoms with Crippen LogP contribution in [0.4, 0.5) is 11.4 Å². The lowest BCUT2D eigenvalue weighted by Gasteiger charge is -2.48. The number of anilines is 2. The number of nitrogens with one attached hydrogen (secondary N) is 2. The average Bonchev–Trinajstić information content (AvgIpc) is 2.73. The van der Waals surface area contributed by atoms with E-state index in [4.69, 9.17) is 8.48 Å². The zero-order chi connectivity index (χ0) is 21.1. The van der Waals surface area contributed by atoms with Crippen LogP contribution in [0.5, 0.6) is 0 Å². The molecule has 0 amide bonds. The summed E-state index contributed by atoms with van der Waals surface area (Å²) in [7, 11) is -3.78. The molecule has 6 nitrogen and oxygen atoms in total. The molecular weight excluding hydrogens is 360 g/mol. The maximum atomic E-state index is 13.7. The Morgan fingerprint density at radius 1 is 1.37 bits per heavy atom. The van der Waals surface area contributed by atoms with E-state index < -0.39 is 14.9 Å². The van der Waals surface area contributed by atoms with Crippen LogP contribution in [0.2, 0.25) is 0 Å². The predicted octanol–water partition coefficient (Wildman–Crippen LogP) is 2.99. The van der Waals surface area contributed by atoms with Crippen LogP contribution in [0.25, 0.3) is 0 Å². The number of unbranched alkanes of at least 4 members (excludes halogenated alkanes) is 1. The van der Waals surface area contributed by atoms with Crippen molar-refractivity contribution in [3.05, 3.63) is 24.2 Å². The molecule has 0 spiro atoms. The molecule has 0 unspecified atom stereocenters. The molecule has 1 heterocycles. The Balaban J connectivity index is 1.88. The molecule has 27 heavy (non-hydrogen) atoms. The molecule has 1 aromatic carbocycles. The molecule has 1 saturated carbocycles. The molecular formula is C20H34N4O2S. The number of nitrogens with zero attached hydrogens (tertiary/aromatic N) is 1. The Morgan fingerprint density at radius 2 is 2.07 bits per heavy atom. The molecule has 152 valence electrons. The summed E-state index contributed by atoms with van der Waals surface area (Å²) in [4.78, 5) is 1.16. The van der Waals surface area contributed by atoms with Gasteiger partial charge in [-0.3, -0.25) is 9.62 Å². The lowest BCUT2D eigenvalue weighted by atomic mass is 9.82. The highest BCUT2D eigenvalue weighted by Crippen LogP contribution is 2.42. The molecule has 0 bridgehead atoms. The first-order valence-corrected chi connectivity index (χ1v) is 11.6. The average molecular weight is 397 g/mol. The van der Waals surface area contributed by atoms with Crippen LogP contribution < -0.4 is 15.8 Å². The van der Waals surface area contributed by atoms with Crippen LogP contribution in [0, 0.1) is 5.92 Å². The second-order valence-electron chi connectivity index (χ2n) is 7.80. The molecule has 0 atom stereocenters. The fourth-order valence-corrected chi connectivity index (χ4v) is 6.37. The van der Waals surface area contributed by atoms with Gasteiger partial charge in [0.05, 0.1) is 8.43 Å². The number of hydrogen-bond acceptors (Lipinski definition) is 5. The van der Waals surface area contributed by atoms with Gasteiger partial charge in [0.25, 0.3) is 10.0 Å². The summed E-state index contributed by atoms with van der Waals surface area (Å²) in [6, 6.07) is 2.81. The Bertz CT molecular complexity index is 805. The van der Waals surface area contributed by atoms with Gasteiger partial charge in [-0.05, 0) is 49.8 Å². The minimum Gasteiger partial charge on any atom is -0.399 e. The van der Waals surface area contributed by atoms with Crippen LogP contribution in [0.15, 0.2) is 24.2 Å². The highest BCUT2D eigenvalue weighted by Gasteiger charge is 2.50. The van der Waals surface area contributed by atoms with Gasteiger partial charge in [0, 0.05) is 31.9 Å². The maximum absolute atomic E-state index is 13.7. The fourth-order valence-electron chi connectivity index (χ4n) is 4.47. The molecule has 0 aromatic heterocycles. The summed E-state index contributed by atoms with van der Waals surface area (Å²) in [5.41, 5.74) is 5.94. The summed E-state index contributed by atoms with van der Waals surface area (Å²) in [6.45, 7) is 5.14. The summed E-state index contributed by atoms with van der Waals surface area (Å²) in [5.74, 6) is 0.589. The smallest absolute Gasteiger partial charge is 0.251 e. The van der Waals surface area contributed by atoms with Crippen molar-refractivity contribution in [2.24, 2.45) is 5.92 Å². The Hall–Kier alpha value is -1.31. The Labute approximate surface area is 166 Å². The summed E-state index contributed by atoms with van der Waals surface area (Å²) < 4.78 is 46.0. The Morgan fingerprint density at radius 3 is 2.74 bits per heavy atom. The van der Waals surface area contributed by atoms with E-state index in [0.29, 0.717) is 31.8 Å². The number of rotatable bonds is 7. The quantitative estimate of drug-likeness (QED) is 0.617. The molecule has 0 radical (unpaired) electrons. The summed E-state index contributed by atoms with van der Waals surface area (Å²) >= 11 is 0. The molecule has 1 aliphatic heterocycles. The first-order chi connectivity index (χ1) is 13.8. The van der Waals surface area contributed by atoms with Gasteiger partial charge in [0.2, 0.25) is 0 Å². The zero-order valence-electron chi connectivity index (χ0n) is 18.3. The van der Waals surface area contributed by atoms with Crippen molar-refractivity contribution in [3.8, 4) is 0 Å². The molecule has 4 N–H and O–H groups in total. The largest absolute Gasteiger partial charge is 0.399 e. The topological polar surface area (TPSA) is 87.5 Å². The SMILES string of the molecule is [2H]c1ccc(NS(=O)(=O)C2(N3CCNCC3)CCC(CCCC)CC2)c([2H])c1N. The minimum atomic E-state index is -3.78. The predicted molar refractivity (Wildman–Crippen MR) is 112 cm³/mol. The van der Waals surface area contributed by atoms with Crippen LogP contribution in [-0.2, 0) is 10.0 Å². The molecule has 1 aromatic rings. The zero-order valence-corrected chi connectivity index (χ0v) is 17.1. The normalized spacial score (nSPS) is 28.4. The van der Waals surface area contributed by atoms with Gasteiger partial charge in [-0.15, -0.1) is 0 Å². The van der Waals surface area contributed by atoms with E-state index in [1.807, 2.05) is 0 Å². The number of benzene rings is 1. The van der Waals surface area contributed by atoms with Crippen molar-refractivity contribution in [2.45, 2.75) is 56.7 Å². The number of nitrogens with two attached hydrogens (primary N) is 1. The van der Waals surface area contributed by atoms with Gasteiger partial charge < -0.3 is 11.1 Å². The monoisotopic (exact) mass is 396 g/mol. The van der Waals surface area contributed by atoms with E-state index >= 15 is 0 Å². The van der Waals surface area contributed by atoms with Gasteiger partial charge in [0.1, 0.15) is 4.87 Å². The Kier molecular flexibility index (Phi) is 5.79.